The van der Waals surface area contributed by atoms with Crippen LogP contribution in [0.3, 0.4) is 0 Å². The molecule has 102 valence electrons. The Balaban J connectivity index is 2.56. The van der Waals surface area contributed by atoms with Gasteiger partial charge in [0.05, 0.1) is 0 Å². The quantitative estimate of drug-likeness (QED) is 0.728. The highest BCUT2D eigenvalue weighted by Gasteiger charge is 2.07. The normalized spacial score (nSPS) is 10.9. The van der Waals surface area contributed by atoms with Crippen molar-refractivity contribution in [2.24, 2.45) is 5.73 Å². The van der Waals surface area contributed by atoms with Crippen molar-refractivity contribution in [1.82, 2.24) is 4.90 Å². The van der Waals surface area contributed by atoms with E-state index in [-0.39, 0.29) is 0 Å². The molecule has 0 fully saturated rings. The summed E-state index contributed by atoms with van der Waals surface area (Å²) in [6.07, 6.45) is 1.05. The molecule has 3 nitrogen and oxygen atoms in total. The molecule has 0 heterocycles. The fourth-order valence-corrected chi connectivity index (χ4v) is 2.09. The molecule has 1 aromatic rings. The predicted molar refractivity (Wildman–Crippen MR) is 80.1 cm³/mol. The molecule has 0 saturated carbocycles. The number of rotatable bonds is 9. The van der Waals surface area contributed by atoms with Crippen molar-refractivity contribution in [2.75, 3.05) is 44.2 Å². The average Bonchev–Trinajstić information content (AvgIpc) is 2.44. The zero-order chi connectivity index (χ0) is 13.2. The Morgan fingerprint density at radius 3 is 2.17 bits per heavy atom. The van der Waals surface area contributed by atoms with Gasteiger partial charge < -0.3 is 15.5 Å². The van der Waals surface area contributed by atoms with Crippen molar-refractivity contribution in [1.29, 1.82) is 0 Å². The minimum absolute atomic E-state index is 0.759. The van der Waals surface area contributed by atoms with E-state index in [0.717, 1.165) is 45.7 Å². The van der Waals surface area contributed by atoms with E-state index in [4.69, 9.17) is 5.73 Å². The minimum atomic E-state index is 0.759. The summed E-state index contributed by atoms with van der Waals surface area (Å²) in [6, 6.07) is 10.6. The van der Waals surface area contributed by atoms with Gasteiger partial charge in [0.1, 0.15) is 0 Å². The number of hydrogen-bond donors (Lipinski definition) is 1. The van der Waals surface area contributed by atoms with Gasteiger partial charge in [0.25, 0.3) is 0 Å². The third kappa shape index (κ3) is 5.07. The van der Waals surface area contributed by atoms with Crippen LogP contribution in [0.25, 0.3) is 0 Å². The molecule has 0 aliphatic heterocycles. The number of nitrogens with two attached hydrogens (primary N) is 1. The van der Waals surface area contributed by atoms with Crippen LogP contribution >= 0.6 is 0 Å². The molecule has 0 atom stereocenters. The minimum Gasteiger partial charge on any atom is -0.370 e. The Kier molecular flexibility index (Phi) is 7.46. The lowest BCUT2D eigenvalue weighted by Gasteiger charge is -2.28. The predicted octanol–water partition coefficient (Wildman–Crippen LogP) is 2.18. The van der Waals surface area contributed by atoms with E-state index >= 15 is 0 Å². The number of benzene rings is 1. The number of anilines is 1. The van der Waals surface area contributed by atoms with E-state index < -0.39 is 0 Å². The first kappa shape index (κ1) is 15.0. The van der Waals surface area contributed by atoms with E-state index in [2.05, 4.69) is 54.0 Å². The molecule has 1 rings (SSSR count). The monoisotopic (exact) mass is 249 g/mol. The zero-order valence-corrected chi connectivity index (χ0v) is 11.8. The number of likely N-dealkylation sites (N-methyl/N-ethyl adjacent to an activating group) is 1. The molecule has 0 aliphatic carbocycles. The van der Waals surface area contributed by atoms with Gasteiger partial charge in [0.15, 0.2) is 0 Å². The Labute approximate surface area is 112 Å². The van der Waals surface area contributed by atoms with E-state index in [9.17, 15) is 0 Å². The van der Waals surface area contributed by atoms with Crippen molar-refractivity contribution in [3.05, 3.63) is 30.3 Å². The Bertz CT molecular complexity index is 296. The topological polar surface area (TPSA) is 32.5 Å². The van der Waals surface area contributed by atoms with Gasteiger partial charge in [-0.15, -0.1) is 0 Å². The molecular formula is C15H27N3. The van der Waals surface area contributed by atoms with Crippen molar-refractivity contribution in [2.45, 2.75) is 20.3 Å². The van der Waals surface area contributed by atoms with Crippen LogP contribution in [0.4, 0.5) is 5.69 Å². The maximum absolute atomic E-state index is 5.63. The molecule has 0 radical (unpaired) electrons. The Morgan fingerprint density at radius 2 is 1.61 bits per heavy atom. The van der Waals surface area contributed by atoms with Crippen LogP contribution in [0, 0.1) is 0 Å². The average molecular weight is 249 g/mol. The Morgan fingerprint density at radius 1 is 0.944 bits per heavy atom. The summed E-state index contributed by atoms with van der Waals surface area (Å²) in [7, 11) is 0. The molecule has 2 N–H and O–H groups in total. The molecule has 0 spiro atoms. The summed E-state index contributed by atoms with van der Waals surface area (Å²) < 4.78 is 0. The first-order valence-electron chi connectivity index (χ1n) is 7.04. The number of nitrogens with zero attached hydrogens (tertiary/aromatic N) is 2. The number of para-hydroxylation sites is 1. The standard InChI is InChI=1S/C15H27N3/c1-3-17(4-2)13-14-18(12-8-11-16)15-9-6-5-7-10-15/h5-7,9-10H,3-4,8,11-14,16H2,1-2H3. The Hall–Kier alpha value is -1.06. The molecular weight excluding hydrogens is 222 g/mol. The van der Waals surface area contributed by atoms with Crippen LogP contribution in [-0.4, -0.2) is 44.2 Å². The summed E-state index contributed by atoms with van der Waals surface area (Å²) in [6.45, 7) is 10.7. The molecule has 0 aliphatic rings. The second kappa shape index (κ2) is 8.95. The van der Waals surface area contributed by atoms with E-state index in [1.165, 1.54) is 5.69 Å². The highest BCUT2D eigenvalue weighted by Crippen LogP contribution is 2.13. The molecule has 0 saturated heterocycles. The van der Waals surface area contributed by atoms with Crippen molar-refractivity contribution in [3.8, 4) is 0 Å². The van der Waals surface area contributed by atoms with Gasteiger partial charge >= 0.3 is 0 Å². The molecule has 1 aromatic carbocycles. The lowest BCUT2D eigenvalue weighted by atomic mass is 10.2. The molecule has 0 aromatic heterocycles. The van der Waals surface area contributed by atoms with Gasteiger partial charge in [0.2, 0.25) is 0 Å². The second-order valence-corrected chi connectivity index (χ2v) is 4.49. The first-order chi connectivity index (χ1) is 8.81. The van der Waals surface area contributed by atoms with E-state index in [1.54, 1.807) is 0 Å². The van der Waals surface area contributed by atoms with Crippen LogP contribution < -0.4 is 10.6 Å². The third-order valence-electron chi connectivity index (χ3n) is 3.33. The van der Waals surface area contributed by atoms with Gasteiger partial charge in [-0.3, -0.25) is 0 Å². The fourth-order valence-electron chi connectivity index (χ4n) is 2.09. The SMILES string of the molecule is CCN(CC)CCN(CCCN)c1ccccc1. The maximum Gasteiger partial charge on any atom is 0.0366 e. The van der Waals surface area contributed by atoms with Gasteiger partial charge in [-0.1, -0.05) is 32.0 Å². The summed E-state index contributed by atoms with van der Waals surface area (Å²) in [4.78, 5) is 4.89. The van der Waals surface area contributed by atoms with Crippen LogP contribution in [0.2, 0.25) is 0 Å². The maximum atomic E-state index is 5.63. The molecule has 18 heavy (non-hydrogen) atoms. The molecule has 0 unspecified atom stereocenters. The highest BCUT2D eigenvalue weighted by atomic mass is 15.2. The van der Waals surface area contributed by atoms with Crippen molar-refractivity contribution >= 4 is 5.69 Å². The first-order valence-corrected chi connectivity index (χ1v) is 7.04. The molecule has 0 amide bonds. The van der Waals surface area contributed by atoms with E-state index in [1.807, 2.05) is 0 Å². The van der Waals surface area contributed by atoms with Gasteiger partial charge in [-0.25, -0.2) is 0 Å². The van der Waals surface area contributed by atoms with Crippen molar-refractivity contribution in [3.63, 3.8) is 0 Å². The van der Waals surface area contributed by atoms with Crippen LogP contribution in [-0.2, 0) is 0 Å². The summed E-state index contributed by atoms with van der Waals surface area (Å²) in [5.41, 5.74) is 6.93. The lowest BCUT2D eigenvalue weighted by molar-refractivity contribution is 0.309. The second-order valence-electron chi connectivity index (χ2n) is 4.49. The van der Waals surface area contributed by atoms with Crippen LogP contribution in [0.15, 0.2) is 30.3 Å². The summed E-state index contributed by atoms with van der Waals surface area (Å²) in [5.74, 6) is 0. The third-order valence-corrected chi connectivity index (χ3v) is 3.33. The van der Waals surface area contributed by atoms with Gasteiger partial charge in [-0.05, 0) is 38.2 Å². The van der Waals surface area contributed by atoms with Crippen LogP contribution in [0.5, 0.6) is 0 Å². The van der Waals surface area contributed by atoms with Gasteiger partial charge in [0, 0.05) is 25.3 Å². The summed E-state index contributed by atoms with van der Waals surface area (Å²) in [5, 5.41) is 0. The largest absolute Gasteiger partial charge is 0.370 e. The van der Waals surface area contributed by atoms with Gasteiger partial charge in [-0.2, -0.15) is 0 Å². The van der Waals surface area contributed by atoms with Crippen LogP contribution in [0.1, 0.15) is 20.3 Å². The summed E-state index contributed by atoms with van der Waals surface area (Å²) >= 11 is 0. The van der Waals surface area contributed by atoms with E-state index in [0.29, 0.717) is 0 Å². The zero-order valence-electron chi connectivity index (χ0n) is 11.8. The smallest absolute Gasteiger partial charge is 0.0366 e. The number of hydrogen-bond acceptors (Lipinski definition) is 3. The van der Waals surface area contributed by atoms with Crippen molar-refractivity contribution < 1.29 is 0 Å². The molecule has 3 heteroatoms. The lowest BCUT2D eigenvalue weighted by Crippen LogP contribution is -2.36. The molecule has 0 bridgehead atoms. The highest BCUT2D eigenvalue weighted by molar-refractivity contribution is 5.45. The fraction of sp³-hybridized carbons (Fsp3) is 0.600.